The quantitative estimate of drug-likeness (QED) is 0.619. The number of phenols is 1. The fourth-order valence-electron chi connectivity index (χ4n) is 0.675. The lowest BCUT2D eigenvalue weighted by molar-refractivity contribution is 0.443. The normalized spacial score (nSPS) is 11.4. The van der Waals surface area contributed by atoms with Crippen LogP contribution in [0.4, 0.5) is 0 Å². The molecular weight excluding hydrogens is 260 g/mol. The van der Waals surface area contributed by atoms with Crippen LogP contribution in [0.15, 0.2) is 29.2 Å². The molecular formula is C7H10O7S2. The van der Waals surface area contributed by atoms with Crippen LogP contribution in [0.2, 0.25) is 0 Å². The fourth-order valence-corrected chi connectivity index (χ4v) is 1.26. The van der Waals surface area contributed by atoms with Crippen molar-refractivity contribution in [1.82, 2.24) is 0 Å². The second-order valence-corrected chi connectivity index (χ2v) is 5.53. The van der Waals surface area contributed by atoms with E-state index in [1.807, 2.05) is 0 Å². The minimum absolute atomic E-state index is 0.449. The van der Waals surface area contributed by atoms with Gasteiger partial charge in [0, 0.05) is 0 Å². The molecule has 1 rings (SSSR count). The summed E-state index contributed by atoms with van der Waals surface area (Å²) in [7, 11) is -7.95. The van der Waals surface area contributed by atoms with Crippen LogP contribution in [0, 0.1) is 0 Å². The third-order valence-corrected chi connectivity index (χ3v) is 2.04. The Hall–Kier alpha value is -1.16. The average molecular weight is 270 g/mol. The average Bonchev–Trinajstić information content (AvgIpc) is 1.99. The summed E-state index contributed by atoms with van der Waals surface area (Å²) >= 11 is 0. The third-order valence-electron chi connectivity index (χ3n) is 1.14. The van der Waals surface area contributed by atoms with Crippen molar-refractivity contribution in [2.75, 3.05) is 6.26 Å². The number of rotatable bonds is 1. The van der Waals surface area contributed by atoms with Gasteiger partial charge in [-0.15, -0.1) is 0 Å². The van der Waals surface area contributed by atoms with E-state index in [2.05, 4.69) is 0 Å². The molecule has 0 fully saturated rings. The van der Waals surface area contributed by atoms with Crippen molar-refractivity contribution in [1.29, 1.82) is 0 Å². The van der Waals surface area contributed by atoms with E-state index in [0.29, 0.717) is 6.26 Å². The molecule has 0 bridgehead atoms. The Bertz CT molecular complexity index is 536. The number of hydrogen-bond donors (Lipinski definition) is 3. The van der Waals surface area contributed by atoms with Crippen molar-refractivity contribution < 1.29 is 31.0 Å². The Labute approximate surface area is 92.9 Å². The van der Waals surface area contributed by atoms with Gasteiger partial charge in [-0.05, 0) is 12.1 Å². The molecule has 0 aliphatic rings. The summed E-state index contributed by atoms with van der Waals surface area (Å²) in [5, 5.41) is 8.91. The van der Waals surface area contributed by atoms with E-state index in [-0.39, 0.29) is 0 Å². The summed E-state index contributed by atoms with van der Waals surface area (Å²) in [5.74, 6) is -0.449. The maximum Gasteiger partial charge on any atom is 0.298 e. The highest BCUT2D eigenvalue weighted by atomic mass is 32.2. The zero-order valence-electron chi connectivity index (χ0n) is 8.10. The summed E-state index contributed by atoms with van der Waals surface area (Å²) < 4.78 is 55.2. The summed E-state index contributed by atoms with van der Waals surface area (Å²) in [5.41, 5.74) is 0. The monoisotopic (exact) mass is 270 g/mol. The molecule has 0 aliphatic carbocycles. The number of benzene rings is 1. The Morgan fingerprint density at radius 2 is 1.38 bits per heavy atom. The van der Waals surface area contributed by atoms with Gasteiger partial charge in [0.15, 0.2) is 0 Å². The highest BCUT2D eigenvalue weighted by Gasteiger charge is 2.12. The van der Waals surface area contributed by atoms with Crippen LogP contribution < -0.4 is 0 Å². The van der Waals surface area contributed by atoms with Crippen molar-refractivity contribution in [3.05, 3.63) is 24.3 Å². The second kappa shape index (κ2) is 5.25. The van der Waals surface area contributed by atoms with Gasteiger partial charge >= 0.3 is 0 Å². The standard InChI is InChI=1S/C6H6O4S.CH4O3S/c7-5-3-1-2-4-6(5)11(8,9)10;1-5(2,3)4/h1-4,7H,(H,8,9,10);1H3,(H,2,3,4). The van der Waals surface area contributed by atoms with E-state index < -0.39 is 30.9 Å². The van der Waals surface area contributed by atoms with E-state index in [9.17, 15) is 16.8 Å². The molecule has 0 heterocycles. The molecule has 0 unspecified atom stereocenters. The van der Waals surface area contributed by atoms with Gasteiger partial charge < -0.3 is 5.11 Å². The van der Waals surface area contributed by atoms with E-state index in [0.717, 1.165) is 6.07 Å². The molecule has 0 atom stereocenters. The smallest absolute Gasteiger partial charge is 0.298 e. The van der Waals surface area contributed by atoms with Gasteiger partial charge in [-0.2, -0.15) is 16.8 Å². The molecule has 92 valence electrons. The van der Waals surface area contributed by atoms with Gasteiger partial charge in [-0.25, -0.2) is 0 Å². The lowest BCUT2D eigenvalue weighted by atomic mass is 10.3. The lowest BCUT2D eigenvalue weighted by Crippen LogP contribution is -1.97. The van der Waals surface area contributed by atoms with Crippen LogP contribution in [0.3, 0.4) is 0 Å². The Morgan fingerprint density at radius 1 is 1.00 bits per heavy atom. The molecule has 0 aliphatic heterocycles. The molecule has 1 aromatic carbocycles. The first-order valence-electron chi connectivity index (χ1n) is 3.70. The zero-order valence-corrected chi connectivity index (χ0v) is 9.73. The van der Waals surface area contributed by atoms with Gasteiger partial charge in [0.05, 0.1) is 6.26 Å². The Balaban J connectivity index is 0.000000385. The Kier molecular flexibility index (Phi) is 4.87. The molecule has 0 amide bonds. The van der Waals surface area contributed by atoms with E-state index in [1.54, 1.807) is 0 Å². The van der Waals surface area contributed by atoms with Crippen molar-refractivity contribution in [2.24, 2.45) is 0 Å². The van der Waals surface area contributed by atoms with Crippen molar-refractivity contribution in [3.63, 3.8) is 0 Å². The summed E-state index contributed by atoms with van der Waals surface area (Å²) in [6.45, 7) is 0. The largest absolute Gasteiger partial charge is 0.506 e. The molecule has 1 aromatic rings. The van der Waals surface area contributed by atoms with Crippen molar-refractivity contribution >= 4 is 20.2 Å². The van der Waals surface area contributed by atoms with Crippen LogP contribution in [-0.2, 0) is 20.2 Å². The number of hydrogen-bond acceptors (Lipinski definition) is 5. The molecule has 0 spiro atoms. The first-order valence-corrected chi connectivity index (χ1v) is 6.98. The van der Waals surface area contributed by atoms with Crippen LogP contribution >= 0.6 is 0 Å². The van der Waals surface area contributed by atoms with Crippen molar-refractivity contribution in [3.8, 4) is 5.75 Å². The highest BCUT2D eigenvalue weighted by Crippen LogP contribution is 2.20. The molecule has 0 radical (unpaired) electrons. The molecule has 0 saturated heterocycles. The third kappa shape index (κ3) is 7.17. The van der Waals surface area contributed by atoms with Crippen LogP contribution in [0.5, 0.6) is 5.75 Å². The van der Waals surface area contributed by atoms with Crippen molar-refractivity contribution in [2.45, 2.75) is 4.90 Å². The Morgan fingerprint density at radius 3 is 1.62 bits per heavy atom. The van der Waals surface area contributed by atoms with Gasteiger partial charge in [0.1, 0.15) is 10.6 Å². The van der Waals surface area contributed by atoms with E-state index in [1.165, 1.54) is 18.2 Å². The van der Waals surface area contributed by atoms with Gasteiger partial charge in [0.2, 0.25) is 0 Å². The minimum Gasteiger partial charge on any atom is -0.506 e. The first-order chi connectivity index (χ1) is 7.02. The molecule has 0 aromatic heterocycles. The summed E-state index contributed by atoms with van der Waals surface area (Å²) in [6.07, 6.45) is 0.715. The summed E-state index contributed by atoms with van der Waals surface area (Å²) in [6, 6.07) is 5.17. The van der Waals surface area contributed by atoms with E-state index in [4.69, 9.17) is 14.2 Å². The lowest BCUT2D eigenvalue weighted by Gasteiger charge is -1.97. The molecule has 3 N–H and O–H groups in total. The van der Waals surface area contributed by atoms with Gasteiger partial charge in [-0.1, -0.05) is 12.1 Å². The van der Waals surface area contributed by atoms with Gasteiger partial charge in [-0.3, -0.25) is 9.11 Å². The zero-order chi connectivity index (χ0) is 13.0. The topological polar surface area (TPSA) is 129 Å². The maximum absolute atomic E-state index is 10.4. The van der Waals surface area contributed by atoms with Gasteiger partial charge in [0.25, 0.3) is 20.2 Å². The van der Waals surface area contributed by atoms with Crippen LogP contribution in [0.1, 0.15) is 0 Å². The number of phenolic OH excluding ortho intramolecular Hbond substituents is 1. The highest BCUT2D eigenvalue weighted by molar-refractivity contribution is 7.86. The van der Waals surface area contributed by atoms with E-state index >= 15 is 0 Å². The predicted octanol–water partition coefficient (Wildman–Crippen LogP) is 0.143. The summed E-state index contributed by atoms with van der Waals surface area (Å²) in [4.78, 5) is -0.472. The minimum atomic E-state index is -4.28. The maximum atomic E-state index is 10.4. The number of aromatic hydroxyl groups is 1. The van der Waals surface area contributed by atoms with Crippen LogP contribution in [0.25, 0.3) is 0 Å². The molecule has 0 saturated carbocycles. The number of para-hydroxylation sites is 1. The molecule has 16 heavy (non-hydrogen) atoms. The second-order valence-electron chi connectivity index (χ2n) is 2.68. The SMILES string of the molecule is CS(=O)(=O)O.O=S(=O)(O)c1ccccc1O. The molecule has 7 nitrogen and oxygen atoms in total. The first kappa shape index (κ1) is 14.8. The fraction of sp³-hybridized carbons (Fsp3) is 0.143. The molecule has 9 heteroatoms. The predicted molar refractivity (Wildman–Crippen MR) is 55.4 cm³/mol. The van der Waals surface area contributed by atoms with Crippen LogP contribution in [-0.4, -0.2) is 37.3 Å².